The highest BCUT2D eigenvalue weighted by molar-refractivity contribution is 14.1. The van der Waals surface area contributed by atoms with E-state index in [2.05, 4.69) is 5.32 Å². The Morgan fingerprint density at radius 3 is 2.38 bits per heavy atom. The van der Waals surface area contributed by atoms with Crippen molar-refractivity contribution < 1.29 is 23.1 Å². The number of allylic oxidation sites excluding steroid dienone is 1. The summed E-state index contributed by atoms with van der Waals surface area (Å²) in [5.41, 5.74) is -0.125. The maximum Gasteiger partial charge on any atom is 0.255 e. The number of carbonyl (C=O) groups excluding carboxylic acids is 2. The second-order valence-electron chi connectivity index (χ2n) is 6.00. The van der Waals surface area contributed by atoms with Crippen LogP contribution in [0.25, 0.3) is 0 Å². The first kappa shape index (κ1) is 21.8. The Morgan fingerprint density at radius 2 is 1.72 bits per heavy atom. The van der Waals surface area contributed by atoms with E-state index in [1.807, 2.05) is 22.6 Å². The van der Waals surface area contributed by atoms with E-state index in [0.717, 1.165) is 12.2 Å². The largest absolute Gasteiger partial charge is 0.506 e. The van der Waals surface area contributed by atoms with Gasteiger partial charge in [0.05, 0.1) is 18.9 Å². The number of hydrogen-bond acceptors (Lipinski definition) is 5. The van der Waals surface area contributed by atoms with Gasteiger partial charge in [0.15, 0.2) is 5.78 Å². The molecule has 0 saturated heterocycles. The fourth-order valence-electron chi connectivity index (χ4n) is 2.57. The van der Waals surface area contributed by atoms with Gasteiger partial charge < -0.3 is 10.4 Å². The van der Waals surface area contributed by atoms with Crippen molar-refractivity contribution in [3.8, 4) is 5.75 Å². The van der Waals surface area contributed by atoms with E-state index in [0.29, 0.717) is 8.59 Å². The maximum absolute atomic E-state index is 12.8. The molecule has 1 unspecified atom stereocenters. The number of sulfone groups is 1. The van der Waals surface area contributed by atoms with Gasteiger partial charge in [-0.3, -0.25) is 9.59 Å². The fraction of sp³-hybridized carbons (Fsp3) is 0.0526. The minimum absolute atomic E-state index is 0.000681. The molecule has 0 saturated carbocycles. The minimum atomic E-state index is -3.92. The molecule has 0 spiro atoms. The van der Waals surface area contributed by atoms with Crippen molar-refractivity contribution in [1.29, 1.82) is 0 Å². The van der Waals surface area contributed by atoms with Crippen molar-refractivity contribution in [2.75, 3.05) is 0 Å². The first-order chi connectivity index (χ1) is 13.6. The van der Waals surface area contributed by atoms with E-state index in [1.54, 1.807) is 0 Å². The number of carbonyl (C=O) groups is 2. The molecule has 0 heterocycles. The zero-order valence-corrected chi connectivity index (χ0v) is 18.9. The lowest BCUT2D eigenvalue weighted by molar-refractivity contribution is -0.115. The fourth-order valence-corrected chi connectivity index (χ4v) is 5.05. The van der Waals surface area contributed by atoms with Crippen molar-refractivity contribution in [1.82, 2.24) is 5.32 Å². The molecule has 0 fully saturated rings. The van der Waals surface area contributed by atoms with Crippen molar-refractivity contribution in [3.63, 3.8) is 0 Å². The zero-order valence-electron chi connectivity index (χ0n) is 14.4. The van der Waals surface area contributed by atoms with Crippen LogP contribution in [0.15, 0.2) is 64.4 Å². The van der Waals surface area contributed by atoms with Gasteiger partial charge in [0.2, 0.25) is 9.84 Å². The number of phenolic OH excluding ortho intramolecular Hbond substituents is 1. The highest BCUT2D eigenvalue weighted by Crippen LogP contribution is 2.29. The predicted molar refractivity (Wildman–Crippen MR) is 118 cm³/mol. The van der Waals surface area contributed by atoms with Gasteiger partial charge >= 0.3 is 0 Å². The Morgan fingerprint density at radius 1 is 1.07 bits per heavy atom. The summed E-state index contributed by atoms with van der Waals surface area (Å²) in [5, 5.41) is 13.1. The molecule has 150 valence electrons. The Kier molecular flexibility index (Phi) is 6.37. The lowest BCUT2D eigenvalue weighted by atomic mass is 10.1. The quantitative estimate of drug-likeness (QED) is 0.550. The summed E-state index contributed by atoms with van der Waals surface area (Å²) in [5.74, 6) is -1.56. The van der Waals surface area contributed by atoms with Gasteiger partial charge in [-0.2, -0.15) is 0 Å². The van der Waals surface area contributed by atoms with Crippen LogP contribution in [0.2, 0.25) is 10.0 Å². The van der Waals surface area contributed by atoms with Crippen LogP contribution in [0.3, 0.4) is 0 Å². The summed E-state index contributed by atoms with van der Waals surface area (Å²) in [6.45, 7) is 0. The molecular formula is C19H12Cl2INO5S. The molecule has 1 aliphatic rings. The SMILES string of the molecule is O=C(NC1C=C(S(=O)(=O)c2ccc(Cl)cc2)C=CC1=O)c1cc(Cl)cc(I)c1O. The molecule has 3 rings (SSSR count). The van der Waals surface area contributed by atoms with Gasteiger partial charge in [0, 0.05) is 10.0 Å². The van der Waals surface area contributed by atoms with E-state index >= 15 is 0 Å². The summed E-state index contributed by atoms with van der Waals surface area (Å²) in [6, 6.07) is 7.09. The average Bonchev–Trinajstić information content (AvgIpc) is 2.66. The summed E-state index contributed by atoms with van der Waals surface area (Å²) in [6.07, 6.45) is 3.40. The van der Waals surface area contributed by atoms with Crippen LogP contribution in [0.1, 0.15) is 10.4 Å². The third-order valence-electron chi connectivity index (χ3n) is 4.04. The number of nitrogens with one attached hydrogen (secondary N) is 1. The minimum Gasteiger partial charge on any atom is -0.506 e. The Balaban J connectivity index is 1.91. The molecule has 1 atom stereocenters. The van der Waals surface area contributed by atoms with Gasteiger partial charge in [0.25, 0.3) is 5.91 Å². The lowest BCUT2D eigenvalue weighted by Crippen LogP contribution is -2.40. The van der Waals surface area contributed by atoms with Crippen molar-refractivity contribution >= 4 is 67.3 Å². The number of halogens is 3. The summed E-state index contributed by atoms with van der Waals surface area (Å²) in [7, 11) is -3.92. The van der Waals surface area contributed by atoms with E-state index in [4.69, 9.17) is 23.2 Å². The molecule has 0 radical (unpaired) electrons. The van der Waals surface area contributed by atoms with Gasteiger partial charge in [-0.1, -0.05) is 23.2 Å². The molecule has 1 amide bonds. The number of benzene rings is 2. The average molecular weight is 564 g/mol. The van der Waals surface area contributed by atoms with Gasteiger partial charge in [-0.25, -0.2) is 8.42 Å². The van der Waals surface area contributed by atoms with Crippen LogP contribution >= 0.6 is 45.8 Å². The molecule has 0 aliphatic heterocycles. The van der Waals surface area contributed by atoms with E-state index in [-0.39, 0.29) is 26.1 Å². The Labute approximate surface area is 190 Å². The van der Waals surface area contributed by atoms with Crippen LogP contribution in [0.5, 0.6) is 5.75 Å². The number of phenols is 1. The van der Waals surface area contributed by atoms with E-state index in [1.165, 1.54) is 42.5 Å². The number of hydrogen-bond donors (Lipinski definition) is 2. The molecular weight excluding hydrogens is 552 g/mol. The van der Waals surface area contributed by atoms with Crippen LogP contribution in [-0.2, 0) is 14.6 Å². The predicted octanol–water partition coefficient (Wildman–Crippen LogP) is 3.90. The van der Waals surface area contributed by atoms with E-state index < -0.39 is 27.6 Å². The summed E-state index contributed by atoms with van der Waals surface area (Å²) >= 11 is 13.5. The maximum atomic E-state index is 12.8. The monoisotopic (exact) mass is 563 g/mol. The topological polar surface area (TPSA) is 101 Å². The second kappa shape index (κ2) is 8.47. The van der Waals surface area contributed by atoms with Crippen LogP contribution in [0, 0.1) is 3.57 Å². The Bertz CT molecular complexity index is 1170. The van der Waals surface area contributed by atoms with Crippen molar-refractivity contribution in [2.45, 2.75) is 10.9 Å². The smallest absolute Gasteiger partial charge is 0.255 e. The van der Waals surface area contributed by atoms with E-state index in [9.17, 15) is 23.1 Å². The molecule has 10 heteroatoms. The number of rotatable bonds is 4. The molecule has 0 aromatic heterocycles. The summed E-state index contributed by atoms with van der Waals surface area (Å²) in [4.78, 5) is 24.6. The third kappa shape index (κ3) is 4.66. The third-order valence-corrected chi connectivity index (χ3v) is 7.12. The van der Waals surface area contributed by atoms with Crippen LogP contribution < -0.4 is 5.32 Å². The number of aromatic hydroxyl groups is 1. The highest BCUT2D eigenvalue weighted by Gasteiger charge is 2.28. The Hall–Kier alpha value is -1.88. The first-order valence-electron chi connectivity index (χ1n) is 8.03. The molecule has 29 heavy (non-hydrogen) atoms. The van der Waals surface area contributed by atoms with Gasteiger partial charge in [0.1, 0.15) is 11.8 Å². The molecule has 1 aliphatic carbocycles. The van der Waals surface area contributed by atoms with Crippen molar-refractivity contribution in [3.05, 3.63) is 78.7 Å². The van der Waals surface area contributed by atoms with Crippen LogP contribution in [0.4, 0.5) is 0 Å². The highest BCUT2D eigenvalue weighted by atomic mass is 127. The molecule has 2 aromatic rings. The number of ketones is 1. The number of amides is 1. The first-order valence-corrected chi connectivity index (χ1v) is 11.3. The lowest BCUT2D eigenvalue weighted by Gasteiger charge is -2.18. The van der Waals surface area contributed by atoms with Crippen LogP contribution in [-0.4, -0.2) is 31.3 Å². The normalized spacial score (nSPS) is 16.4. The molecule has 2 N–H and O–H groups in total. The molecule has 0 bridgehead atoms. The molecule has 2 aromatic carbocycles. The van der Waals surface area contributed by atoms with Gasteiger partial charge in [-0.15, -0.1) is 0 Å². The second-order valence-corrected chi connectivity index (χ2v) is 9.98. The van der Waals surface area contributed by atoms with Gasteiger partial charge in [-0.05, 0) is 77.2 Å². The standard InChI is InChI=1S/C19H12Cl2INO5S/c20-10-1-3-12(4-2-10)29(27,28)13-5-6-17(24)16(9-13)23-19(26)14-7-11(21)8-15(22)18(14)25/h1-9,16,25H,(H,23,26). The molecule has 6 nitrogen and oxygen atoms in total. The summed E-state index contributed by atoms with van der Waals surface area (Å²) < 4.78 is 26.0. The van der Waals surface area contributed by atoms with Crippen molar-refractivity contribution in [2.24, 2.45) is 0 Å². The zero-order chi connectivity index (χ0) is 21.3.